The first-order valence-corrected chi connectivity index (χ1v) is 10.8. The van der Waals surface area contributed by atoms with E-state index in [1.165, 1.54) is 23.5 Å². The van der Waals surface area contributed by atoms with Crippen molar-refractivity contribution in [3.05, 3.63) is 95.1 Å². The van der Waals surface area contributed by atoms with Gasteiger partial charge in [0.25, 0.3) is 0 Å². The van der Waals surface area contributed by atoms with Gasteiger partial charge in [-0.3, -0.25) is 9.59 Å². The largest absolute Gasteiger partial charge is 0.287 e. The van der Waals surface area contributed by atoms with Crippen LogP contribution in [0, 0.1) is 23.7 Å². The number of carbonyl (C=O) groups is 2. The highest BCUT2D eigenvalue weighted by Crippen LogP contribution is 2.19. The molecule has 3 aromatic rings. The van der Waals surface area contributed by atoms with Gasteiger partial charge in [0.15, 0.2) is 10.2 Å². The molecule has 0 fully saturated rings. The van der Waals surface area contributed by atoms with Crippen molar-refractivity contribution in [2.75, 3.05) is 0 Å². The Morgan fingerprint density at radius 2 is 0.933 bits per heavy atom. The standard InChI is InChI=1S/C26H18O2S2/c1-19(27)29-25-14-10-21(11-15-25)6-8-23-4-3-5-24(18-23)9-7-22-12-16-26(17-13-22)30-20(2)28/h3-5,10-18H,1-2H3. The van der Waals surface area contributed by atoms with E-state index in [9.17, 15) is 9.59 Å². The summed E-state index contributed by atoms with van der Waals surface area (Å²) in [7, 11) is 0. The molecule has 0 heterocycles. The summed E-state index contributed by atoms with van der Waals surface area (Å²) in [6.07, 6.45) is 0. The molecule has 146 valence electrons. The van der Waals surface area contributed by atoms with E-state index in [1.54, 1.807) is 13.8 Å². The molecule has 0 N–H and O–H groups in total. The van der Waals surface area contributed by atoms with Crippen molar-refractivity contribution in [1.29, 1.82) is 0 Å². The molecule has 0 atom stereocenters. The summed E-state index contributed by atoms with van der Waals surface area (Å²) in [4.78, 5) is 24.1. The second kappa shape index (κ2) is 10.6. The molecule has 0 aliphatic heterocycles. The molecule has 0 unspecified atom stereocenters. The van der Waals surface area contributed by atoms with Crippen LogP contribution in [0.5, 0.6) is 0 Å². The Kier molecular flexibility index (Phi) is 7.57. The summed E-state index contributed by atoms with van der Waals surface area (Å²) >= 11 is 2.42. The molecule has 3 rings (SSSR count). The average Bonchev–Trinajstić information content (AvgIpc) is 2.72. The lowest BCUT2D eigenvalue weighted by atomic mass is 10.1. The lowest BCUT2D eigenvalue weighted by Gasteiger charge is -1.97. The van der Waals surface area contributed by atoms with Crippen molar-refractivity contribution in [3.8, 4) is 23.7 Å². The van der Waals surface area contributed by atoms with Crippen LogP contribution in [-0.4, -0.2) is 10.2 Å². The van der Waals surface area contributed by atoms with Crippen LogP contribution in [0.4, 0.5) is 0 Å². The van der Waals surface area contributed by atoms with E-state index < -0.39 is 0 Å². The van der Waals surface area contributed by atoms with Crippen molar-refractivity contribution >= 4 is 33.8 Å². The molecule has 0 saturated carbocycles. The van der Waals surface area contributed by atoms with Gasteiger partial charge in [0.2, 0.25) is 0 Å². The van der Waals surface area contributed by atoms with Gasteiger partial charge in [0, 0.05) is 45.9 Å². The lowest BCUT2D eigenvalue weighted by Crippen LogP contribution is -1.83. The number of hydrogen-bond donors (Lipinski definition) is 0. The van der Waals surface area contributed by atoms with Crippen LogP contribution in [-0.2, 0) is 9.59 Å². The lowest BCUT2D eigenvalue weighted by molar-refractivity contribution is -0.109. The van der Waals surface area contributed by atoms with Crippen LogP contribution in [0.3, 0.4) is 0 Å². The minimum atomic E-state index is 0.0673. The molecule has 0 amide bonds. The Hall–Kier alpha value is -3.18. The zero-order valence-electron chi connectivity index (χ0n) is 16.6. The second-order valence-corrected chi connectivity index (χ2v) is 8.82. The summed E-state index contributed by atoms with van der Waals surface area (Å²) in [5.41, 5.74) is 3.56. The first-order valence-electron chi connectivity index (χ1n) is 9.19. The zero-order valence-corrected chi connectivity index (χ0v) is 18.2. The second-order valence-electron chi connectivity index (χ2n) is 6.32. The van der Waals surface area contributed by atoms with Gasteiger partial charge in [-0.05, 0) is 66.7 Å². The number of benzene rings is 3. The highest BCUT2D eigenvalue weighted by Gasteiger charge is 1.99. The molecular weight excluding hydrogens is 408 g/mol. The fourth-order valence-electron chi connectivity index (χ4n) is 2.51. The summed E-state index contributed by atoms with van der Waals surface area (Å²) in [6, 6.07) is 23.1. The van der Waals surface area contributed by atoms with Gasteiger partial charge < -0.3 is 0 Å². The summed E-state index contributed by atoms with van der Waals surface area (Å²) < 4.78 is 0. The Labute approximate surface area is 185 Å². The number of thioether (sulfide) groups is 2. The van der Waals surface area contributed by atoms with Gasteiger partial charge in [-0.25, -0.2) is 0 Å². The predicted octanol–water partition coefficient (Wildman–Crippen LogP) is 5.76. The van der Waals surface area contributed by atoms with Crippen LogP contribution in [0.2, 0.25) is 0 Å². The maximum atomic E-state index is 11.1. The first-order chi connectivity index (χ1) is 14.5. The molecule has 0 bridgehead atoms. The van der Waals surface area contributed by atoms with E-state index in [2.05, 4.69) is 23.7 Å². The maximum absolute atomic E-state index is 11.1. The van der Waals surface area contributed by atoms with Gasteiger partial charge in [-0.15, -0.1) is 0 Å². The quantitative estimate of drug-likeness (QED) is 0.385. The van der Waals surface area contributed by atoms with E-state index in [-0.39, 0.29) is 10.2 Å². The Morgan fingerprint density at radius 1 is 0.567 bits per heavy atom. The fourth-order valence-corrected chi connectivity index (χ4v) is 3.72. The Morgan fingerprint density at radius 3 is 1.30 bits per heavy atom. The minimum absolute atomic E-state index is 0.0673. The normalized spacial score (nSPS) is 9.67. The third kappa shape index (κ3) is 7.01. The molecular formula is C26H18O2S2. The van der Waals surface area contributed by atoms with Crippen molar-refractivity contribution < 1.29 is 9.59 Å². The van der Waals surface area contributed by atoms with Crippen molar-refractivity contribution in [2.45, 2.75) is 23.6 Å². The Balaban J connectivity index is 1.70. The van der Waals surface area contributed by atoms with Gasteiger partial charge in [-0.2, -0.15) is 0 Å². The minimum Gasteiger partial charge on any atom is -0.287 e. The third-order valence-corrected chi connectivity index (χ3v) is 5.39. The molecule has 30 heavy (non-hydrogen) atoms. The van der Waals surface area contributed by atoms with Crippen molar-refractivity contribution in [1.82, 2.24) is 0 Å². The van der Waals surface area contributed by atoms with Crippen LogP contribution in [0.1, 0.15) is 36.1 Å². The smallest absolute Gasteiger partial charge is 0.190 e. The molecule has 0 aromatic heterocycles. The Bertz CT molecular complexity index is 1090. The van der Waals surface area contributed by atoms with Crippen molar-refractivity contribution in [3.63, 3.8) is 0 Å². The highest BCUT2D eigenvalue weighted by molar-refractivity contribution is 8.13. The predicted molar refractivity (Wildman–Crippen MR) is 124 cm³/mol. The van der Waals surface area contributed by atoms with Gasteiger partial charge >= 0.3 is 0 Å². The van der Waals surface area contributed by atoms with Crippen LogP contribution in [0.25, 0.3) is 0 Å². The van der Waals surface area contributed by atoms with E-state index in [4.69, 9.17) is 0 Å². The molecule has 0 spiro atoms. The highest BCUT2D eigenvalue weighted by atomic mass is 32.2. The van der Waals surface area contributed by atoms with E-state index in [0.29, 0.717) is 0 Å². The molecule has 0 radical (unpaired) electrons. The number of carbonyl (C=O) groups excluding carboxylic acids is 2. The van der Waals surface area contributed by atoms with E-state index in [1.807, 2.05) is 72.8 Å². The molecule has 2 nitrogen and oxygen atoms in total. The number of hydrogen-bond acceptors (Lipinski definition) is 4. The molecule has 4 heteroatoms. The maximum Gasteiger partial charge on any atom is 0.190 e. The monoisotopic (exact) mass is 426 g/mol. The van der Waals surface area contributed by atoms with Crippen molar-refractivity contribution in [2.24, 2.45) is 0 Å². The summed E-state index contributed by atoms with van der Waals surface area (Å²) in [5.74, 6) is 12.6. The third-order valence-electron chi connectivity index (χ3n) is 3.80. The number of rotatable bonds is 2. The molecule has 3 aromatic carbocycles. The fraction of sp³-hybridized carbons (Fsp3) is 0.0769. The molecule has 0 aliphatic rings. The SMILES string of the molecule is CC(=O)Sc1ccc(C#Cc2cccc(C#Cc3ccc(SC(C)=O)cc3)c2)cc1. The van der Waals surface area contributed by atoms with E-state index in [0.717, 1.165) is 32.0 Å². The summed E-state index contributed by atoms with van der Waals surface area (Å²) in [5, 5.41) is 0.135. The van der Waals surface area contributed by atoms with Crippen LogP contribution < -0.4 is 0 Å². The first kappa shape index (κ1) is 21.5. The topological polar surface area (TPSA) is 34.1 Å². The molecule has 0 saturated heterocycles. The van der Waals surface area contributed by atoms with E-state index >= 15 is 0 Å². The van der Waals surface area contributed by atoms with Gasteiger partial charge in [-0.1, -0.05) is 53.3 Å². The van der Waals surface area contributed by atoms with Gasteiger partial charge in [0.1, 0.15) is 0 Å². The average molecular weight is 427 g/mol. The summed E-state index contributed by atoms with van der Waals surface area (Å²) in [6.45, 7) is 3.11. The van der Waals surface area contributed by atoms with Crippen LogP contribution >= 0.6 is 23.5 Å². The van der Waals surface area contributed by atoms with Crippen LogP contribution in [0.15, 0.2) is 82.6 Å². The molecule has 0 aliphatic carbocycles. The zero-order chi connectivity index (χ0) is 21.3. The van der Waals surface area contributed by atoms with Gasteiger partial charge in [0.05, 0.1) is 0 Å².